The molecule has 0 atom stereocenters. The van der Waals surface area contributed by atoms with Gasteiger partial charge >= 0.3 is 0 Å². The van der Waals surface area contributed by atoms with Gasteiger partial charge in [0.2, 0.25) is 5.88 Å². The minimum atomic E-state index is 0.379. The van der Waals surface area contributed by atoms with Gasteiger partial charge in [0, 0.05) is 17.2 Å². The van der Waals surface area contributed by atoms with Crippen LogP contribution < -0.4 is 10.5 Å². The Kier molecular flexibility index (Phi) is 3.17. The molecule has 2 N–H and O–H groups in total. The third kappa shape index (κ3) is 2.56. The summed E-state index contributed by atoms with van der Waals surface area (Å²) < 4.78 is 5.46. The van der Waals surface area contributed by atoms with Crippen LogP contribution >= 0.6 is 23.2 Å². The lowest BCUT2D eigenvalue weighted by Crippen LogP contribution is -1.93. The van der Waals surface area contributed by atoms with E-state index in [1.807, 2.05) is 0 Å². The number of anilines is 1. The largest absolute Gasteiger partial charge is 0.437 e. The third-order valence-electron chi connectivity index (χ3n) is 1.85. The van der Waals surface area contributed by atoms with Gasteiger partial charge in [-0.3, -0.25) is 0 Å². The van der Waals surface area contributed by atoms with E-state index in [4.69, 9.17) is 33.7 Å². The molecule has 0 saturated carbocycles. The Hall–Kier alpha value is -1.45. The Morgan fingerprint density at radius 2 is 1.94 bits per heavy atom. The molecule has 0 aliphatic carbocycles. The molecule has 0 radical (unpaired) electrons. The summed E-state index contributed by atoms with van der Waals surface area (Å²) in [6.07, 6.45) is 0. The predicted molar refractivity (Wildman–Crippen MR) is 65.2 cm³/mol. The predicted octanol–water partition coefficient (Wildman–Crippen LogP) is 3.76. The van der Waals surface area contributed by atoms with Crippen molar-refractivity contribution in [2.45, 2.75) is 0 Å². The molecule has 3 nitrogen and oxygen atoms in total. The fourth-order valence-electron chi connectivity index (χ4n) is 1.16. The van der Waals surface area contributed by atoms with E-state index in [9.17, 15) is 0 Å². The quantitative estimate of drug-likeness (QED) is 0.888. The average Bonchev–Trinajstić information content (AvgIpc) is 2.24. The molecule has 2 aromatic rings. The number of halogens is 2. The lowest BCUT2D eigenvalue weighted by Gasteiger charge is -2.07. The Balaban J connectivity index is 2.30. The highest BCUT2D eigenvalue weighted by molar-refractivity contribution is 6.34. The highest BCUT2D eigenvalue weighted by Crippen LogP contribution is 2.31. The second kappa shape index (κ2) is 4.60. The second-order valence-electron chi connectivity index (χ2n) is 3.08. The monoisotopic (exact) mass is 254 g/mol. The number of pyridine rings is 1. The molecule has 0 saturated heterocycles. The number of rotatable bonds is 2. The number of benzene rings is 1. The maximum atomic E-state index is 5.94. The molecule has 0 aliphatic rings. The summed E-state index contributed by atoms with van der Waals surface area (Å²) in [6, 6.07) is 10.1. The number of hydrogen-bond acceptors (Lipinski definition) is 3. The van der Waals surface area contributed by atoms with Crippen LogP contribution in [0.5, 0.6) is 11.6 Å². The van der Waals surface area contributed by atoms with Crippen LogP contribution in [-0.2, 0) is 0 Å². The van der Waals surface area contributed by atoms with Crippen LogP contribution in [0.25, 0.3) is 0 Å². The molecule has 0 fully saturated rings. The SMILES string of the molecule is Nc1cccc(Oc2cc(Cl)ccc2Cl)n1. The minimum absolute atomic E-state index is 0.379. The van der Waals surface area contributed by atoms with E-state index >= 15 is 0 Å². The molecular weight excluding hydrogens is 247 g/mol. The van der Waals surface area contributed by atoms with Crippen LogP contribution in [0.4, 0.5) is 5.82 Å². The summed E-state index contributed by atoms with van der Waals surface area (Å²) >= 11 is 11.8. The third-order valence-corrected chi connectivity index (χ3v) is 2.40. The van der Waals surface area contributed by atoms with Crippen LogP contribution in [0.2, 0.25) is 10.0 Å². The molecule has 2 rings (SSSR count). The van der Waals surface area contributed by atoms with E-state index in [1.165, 1.54) is 0 Å². The molecule has 1 aromatic carbocycles. The summed E-state index contributed by atoms with van der Waals surface area (Å²) in [5, 5.41) is 1.01. The van der Waals surface area contributed by atoms with Gasteiger partial charge in [-0.15, -0.1) is 0 Å². The van der Waals surface area contributed by atoms with Gasteiger partial charge in [0.15, 0.2) is 0 Å². The first kappa shape index (κ1) is 11.0. The summed E-state index contributed by atoms with van der Waals surface area (Å²) in [5.74, 6) is 1.21. The van der Waals surface area contributed by atoms with E-state index < -0.39 is 0 Å². The first-order chi connectivity index (χ1) is 7.65. The fourth-order valence-corrected chi connectivity index (χ4v) is 1.47. The molecule has 5 heteroatoms. The number of nitrogen functional groups attached to an aromatic ring is 1. The smallest absolute Gasteiger partial charge is 0.221 e. The lowest BCUT2D eigenvalue weighted by molar-refractivity contribution is 0.464. The van der Waals surface area contributed by atoms with Gasteiger partial charge in [-0.05, 0) is 18.2 Å². The summed E-state index contributed by atoms with van der Waals surface area (Å²) in [6.45, 7) is 0. The Morgan fingerprint density at radius 1 is 1.12 bits per heavy atom. The summed E-state index contributed by atoms with van der Waals surface area (Å²) in [7, 11) is 0. The zero-order valence-electron chi connectivity index (χ0n) is 8.15. The van der Waals surface area contributed by atoms with Gasteiger partial charge in [0.25, 0.3) is 0 Å². The van der Waals surface area contributed by atoms with Gasteiger partial charge < -0.3 is 10.5 Å². The Labute approximate surface area is 103 Å². The zero-order chi connectivity index (χ0) is 11.5. The molecule has 0 aliphatic heterocycles. The lowest BCUT2D eigenvalue weighted by atomic mass is 10.3. The average molecular weight is 255 g/mol. The van der Waals surface area contributed by atoms with E-state index in [-0.39, 0.29) is 0 Å². The molecule has 1 heterocycles. The van der Waals surface area contributed by atoms with Crippen molar-refractivity contribution in [1.29, 1.82) is 0 Å². The van der Waals surface area contributed by atoms with Crippen molar-refractivity contribution < 1.29 is 4.74 Å². The van der Waals surface area contributed by atoms with Crippen molar-refractivity contribution in [1.82, 2.24) is 4.98 Å². The van der Waals surface area contributed by atoms with Gasteiger partial charge in [-0.25, -0.2) is 0 Å². The standard InChI is InChI=1S/C11H8Cl2N2O/c12-7-4-5-8(13)9(6-7)16-11-3-1-2-10(14)15-11/h1-6H,(H2,14,15). The minimum Gasteiger partial charge on any atom is -0.437 e. The number of nitrogens with two attached hydrogens (primary N) is 1. The maximum absolute atomic E-state index is 5.94. The van der Waals surface area contributed by atoms with E-state index in [2.05, 4.69) is 4.98 Å². The van der Waals surface area contributed by atoms with Crippen molar-refractivity contribution >= 4 is 29.0 Å². The first-order valence-corrected chi connectivity index (χ1v) is 5.26. The van der Waals surface area contributed by atoms with E-state index in [0.717, 1.165) is 0 Å². The summed E-state index contributed by atoms with van der Waals surface area (Å²) in [5.41, 5.74) is 5.53. The maximum Gasteiger partial charge on any atom is 0.221 e. The molecule has 0 bridgehead atoms. The van der Waals surface area contributed by atoms with Crippen molar-refractivity contribution in [3.05, 3.63) is 46.4 Å². The van der Waals surface area contributed by atoms with Gasteiger partial charge in [0.05, 0.1) is 5.02 Å². The zero-order valence-corrected chi connectivity index (χ0v) is 9.66. The van der Waals surface area contributed by atoms with Crippen molar-refractivity contribution in [2.75, 3.05) is 5.73 Å². The fraction of sp³-hybridized carbons (Fsp3) is 0. The van der Waals surface area contributed by atoms with Crippen LogP contribution in [0.1, 0.15) is 0 Å². The van der Waals surface area contributed by atoms with Crippen LogP contribution in [0, 0.1) is 0 Å². The number of hydrogen-bond donors (Lipinski definition) is 1. The van der Waals surface area contributed by atoms with E-state index in [0.29, 0.717) is 27.5 Å². The molecule has 1 aromatic heterocycles. The first-order valence-electron chi connectivity index (χ1n) is 4.50. The molecular formula is C11H8Cl2N2O. The Bertz CT molecular complexity index is 517. The van der Waals surface area contributed by atoms with Gasteiger partial charge in [-0.2, -0.15) is 4.98 Å². The highest BCUT2D eigenvalue weighted by atomic mass is 35.5. The normalized spacial score (nSPS) is 10.1. The molecule has 0 amide bonds. The number of ether oxygens (including phenoxy) is 1. The molecule has 16 heavy (non-hydrogen) atoms. The topological polar surface area (TPSA) is 48.1 Å². The van der Waals surface area contributed by atoms with Crippen molar-refractivity contribution in [3.63, 3.8) is 0 Å². The van der Waals surface area contributed by atoms with Crippen LogP contribution in [0.3, 0.4) is 0 Å². The number of nitrogens with zero attached hydrogens (tertiary/aromatic N) is 1. The highest BCUT2D eigenvalue weighted by Gasteiger charge is 2.05. The molecule has 0 spiro atoms. The van der Waals surface area contributed by atoms with Crippen LogP contribution in [0.15, 0.2) is 36.4 Å². The van der Waals surface area contributed by atoms with Crippen molar-refractivity contribution in [2.24, 2.45) is 0 Å². The summed E-state index contributed by atoms with van der Waals surface area (Å²) in [4.78, 5) is 3.99. The van der Waals surface area contributed by atoms with E-state index in [1.54, 1.807) is 36.4 Å². The van der Waals surface area contributed by atoms with Gasteiger partial charge in [0.1, 0.15) is 11.6 Å². The van der Waals surface area contributed by atoms with Crippen molar-refractivity contribution in [3.8, 4) is 11.6 Å². The second-order valence-corrected chi connectivity index (χ2v) is 3.92. The van der Waals surface area contributed by atoms with Gasteiger partial charge in [-0.1, -0.05) is 29.3 Å². The number of aromatic nitrogens is 1. The Morgan fingerprint density at radius 3 is 2.69 bits per heavy atom. The van der Waals surface area contributed by atoms with Crippen LogP contribution in [-0.4, -0.2) is 4.98 Å². The molecule has 82 valence electrons. The molecule has 0 unspecified atom stereocenters.